The van der Waals surface area contributed by atoms with Gasteiger partial charge in [-0.25, -0.2) is 4.79 Å². The highest BCUT2D eigenvalue weighted by atomic mass is 16.6. The Morgan fingerprint density at radius 3 is 2.88 bits per heavy atom. The van der Waals surface area contributed by atoms with Gasteiger partial charge in [0.25, 0.3) is 0 Å². The Balaban J connectivity index is 1.81. The first-order chi connectivity index (χ1) is 8.24. The number of esters is 1. The van der Waals surface area contributed by atoms with Crippen molar-refractivity contribution in [3.05, 3.63) is 29.3 Å². The summed E-state index contributed by atoms with van der Waals surface area (Å²) in [5.74, 6) is 0.524. The monoisotopic (exact) mass is 232 g/mol. The maximum Gasteiger partial charge on any atom is 0.347 e. The average Bonchev–Trinajstić information content (AvgIpc) is 2.87. The van der Waals surface area contributed by atoms with Crippen LogP contribution in [0, 0.1) is 0 Å². The molecule has 0 saturated carbocycles. The minimum Gasteiger partial charge on any atom is -0.479 e. The molecule has 4 nitrogen and oxygen atoms in total. The van der Waals surface area contributed by atoms with Crippen molar-refractivity contribution in [1.82, 2.24) is 0 Å². The fourth-order valence-corrected chi connectivity index (χ4v) is 2.25. The third-order valence-electron chi connectivity index (χ3n) is 3.16. The van der Waals surface area contributed by atoms with Gasteiger partial charge in [-0.3, -0.25) is 4.79 Å². The first kappa shape index (κ1) is 10.3. The standard InChI is InChI=1S/C13H12O4/c14-11-4-1-8-7-9(2-3-10(8)11)17-12-5-6-16-13(12)15/h2-3,7,12H,1,4-6H2. The number of hydrogen-bond donors (Lipinski definition) is 0. The largest absolute Gasteiger partial charge is 0.479 e. The molecule has 0 amide bonds. The number of ether oxygens (including phenoxy) is 2. The third-order valence-corrected chi connectivity index (χ3v) is 3.16. The van der Waals surface area contributed by atoms with E-state index in [4.69, 9.17) is 9.47 Å². The summed E-state index contributed by atoms with van der Waals surface area (Å²) < 4.78 is 10.4. The second kappa shape index (κ2) is 3.87. The number of aryl methyl sites for hydroxylation is 1. The van der Waals surface area contributed by atoms with E-state index in [1.165, 1.54) is 0 Å². The SMILES string of the molecule is O=C1CCc2cc(OC3CCOC3=O)ccc21. The van der Waals surface area contributed by atoms with E-state index in [2.05, 4.69) is 0 Å². The number of hydrogen-bond acceptors (Lipinski definition) is 4. The molecule has 0 radical (unpaired) electrons. The number of carbonyl (C=O) groups excluding carboxylic acids is 2. The Hall–Kier alpha value is -1.84. The molecular weight excluding hydrogens is 220 g/mol. The van der Waals surface area contributed by atoms with Gasteiger partial charge < -0.3 is 9.47 Å². The molecule has 0 bridgehead atoms. The molecule has 1 aliphatic heterocycles. The maximum absolute atomic E-state index is 11.5. The average molecular weight is 232 g/mol. The minimum absolute atomic E-state index is 0.187. The highest BCUT2D eigenvalue weighted by Crippen LogP contribution is 2.27. The van der Waals surface area contributed by atoms with Crippen molar-refractivity contribution >= 4 is 11.8 Å². The number of cyclic esters (lactones) is 1. The Bertz CT molecular complexity index is 492. The van der Waals surface area contributed by atoms with Gasteiger partial charge in [0, 0.05) is 18.4 Å². The van der Waals surface area contributed by atoms with Crippen molar-refractivity contribution in [2.24, 2.45) is 0 Å². The molecule has 3 rings (SSSR count). The molecule has 0 N–H and O–H groups in total. The molecule has 1 aliphatic carbocycles. The van der Waals surface area contributed by atoms with Gasteiger partial charge in [0.15, 0.2) is 11.9 Å². The van der Waals surface area contributed by atoms with Gasteiger partial charge in [-0.2, -0.15) is 0 Å². The molecule has 1 aromatic rings. The van der Waals surface area contributed by atoms with Gasteiger partial charge in [0.1, 0.15) is 5.75 Å². The number of Topliss-reactive ketones (excluding diaryl/α,β-unsaturated/α-hetero) is 1. The van der Waals surface area contributed by atoms with E-state index in [0.29, 0.717) is 25.2 Å². The highest BCUT2D eigenvalue weighted by Gasteiger charge is 2.29. The summed E-state index contributed by atoms with van der Waals surface area (Å²) in [6.45, 7) is 0.424. The van der Waals surface area contributed by atoms with Crippen LogP contribution < -0.4 is 4.74 Å². The lowest BCUT2D eigenvalue weighted by molar-refractivity contribution is -0.143. The van der Waals surface area contributed by atoms with Crippen molar-refractivity contribution in [1.29, 1.82) is 0 Å². The van der Waals surface area contributed by atoms with Gasteiger partial charge >= 0.3 is 5.97 Å². The van der Waals surface area contributed by atoms with E-state index < -0.39 is 6.10 Å². The van der Waals surface area contributed by atoms with E-state index in [0.717, 1.165) is 17.5 Å². The molecule has 1 unspecified atom stereocenters. The van der Waals surface area contributed by atoms with Crippen LogP contribution in [0.3, 0.4) is 0 Å². The molecule has 2 aliphatic rings. The predicted octanol–water partition coefficient (Wildman–Crippen LogP) is 1.51. The molecule has 0 spiro atoms. The van der Waals surface area contributed by atoms with Crippen molar-refractivity contribution in [2.75, 3.05) is 6.61 Å². The van der Waals surface area contributed by atoms with E-state index in [1.807, 2.05) is 6.07 Å². The van der Waals surface area contributed by atoms with Gasteiger partial charge in [-0.1, -0.05) is 0 Å². The fourth-order valence-electron chi connectivity index (χ4n) is 2.25. The summed E-state index contributed by atoms with van der Waals surface area (Å²) in [7, 11) is 0. The molecule has 0 aromatic heterocycles. The zero-order valence-corrected chi connectivity index (χ0v) is 9.27. The summed E-state index contributed by atoms with van der Waals surface area (Å²) in [6, 6.07) is 5.37. The van der Waals surface area contributed by atoms with Crippen LogP contribution in [0.1, 0.15) is 28.8 Å². The smallest absolute Gasteiger partial charge is 0.347 e. The Morgan fingerprint density at radius 2 is 2.12 bits per heavy atom. The normalized spacial score (nSPS) is 22.5. The van der Waals surface area contributed by atoms with Crippen molar-refractivity contribution < 1.29 is 19.1 Å². The zero-order valence-electron chi connectivity index (χ0n) is 9.27. The summed E-state index contributed by atoms with van der Waals surface area (Å²) >= 11 is 0. The predicted molar refractivity (Wildman–Crippen MR) is 59.1 cm³/mol. The van der Waals surface area contributed by atoms with E-state index >= 15 is 0 Å². The fraction of sp³-hybridized carbons (Fsp3) is 0.385. The first-order valence-electron chi connectivity index (χ1n) is 5.73. The number of fused-ring (bicyclic) bond motifs is 1. The van der Waals surface area contributed by atoms with Crippen LogP contribution in [0.4, 0.5) is 0 Å². The summed E-state index contributed by atoms with van der Waals surface area (Å²) in [6.07, 6.45) is 1.43. The van der Waals surface area contributed by atoms with Gasteiger partial charge in [-0.05, 0) is 30.2 Å². The lowest BCUT2D eigenvalue weighted by atomic mass is 10.1. The summed E-state index contributed by atoms with van der Waals surface area (Å²) in [5, 5.41) is 0. The molecule has 1 heterocycles. The second-order valence-corrected chi connectivity index (χ2v) is 4.30. The van der Waals surface area contributed by atoms with Crippen molar-refractivity contribution in [3.8, 4) is 5.75 Å². The topological polar surface area (TPSA) is 52.6 Å². The molecule has 1 fully saturated rings. The molecule has 88 valence electrons. The molecule has 4 heteroatoms. The van der Waals surface area contributed by atoms with Gasteiger partial charge in [-0.15, -0.1) is 0 Å². The minimum atomic E-state index is -0.495. The lowest BCUT2D eigenvalue weighted by Crippen LogP contribution is -2.21. The number of rotatable bonds is 2. The second-order valence-electron chi connectivity index (χ2n) is 4.30. The van der Waals surface area contributed by atoms with Crippen LogP contribution in [-0.2, 0) is 16.0 Å². The summed E-state index contributed by atoms with van der Waals surface area (Å²) in [4.78, 5) is 22.7. The number of ketones is 1. The Labute approximate surface area is 98.5 Å². The zero-order chi connectivity index (χ0) is 11.8. The molecule has 1 aromatic carbocycles. The van der Waals surface area contributed by atoms with Crippen LogP contribution in [0.5, 0.6) is 5.75 Å². The van der Waals surface area contributed by atoms with Gasteiger partial charge in [0.2, 0.25) is 0 Å². The maximum atomic E-state index is 11.5. The lowest BCUT2D eigenvalue weighted by Gasteiger charge is -2.10. The van der Waals surface area contributed by atoms with E-state index in [-0.39, 0.29) is 11.8 Å². The first-order valence-corrected chi connectivity index (χ1v) is 5.73. The van der Waals surface area contributed by atoms with Crippen LogP contribution in [-0.4, -0.2) is 24.5 Å². The van der Waals surface area contributed by atoms with E-state index in [1.54, 1.807) is 12.1 Å². The van der Waals surface area contributed by atoms with Gasteiger partial charge in [0.05, 0.1) is 6.61 Å². The van der Waals surface area contributed by atoms with E-state index in [9.17, 15) is 9.59 Å². The number of carbonyl (C=O) groups is 2. The van der Waals surface area contributed by atoms with Crippen LogP contribution >= 0.6 is 0 Å². The van der Waals surface area contributed by atoms with Crippen LogP contribution in [0.2, 0.25) is 0 Å². The van der Waals surface area contributed by atoms with Crippen LogP contribution in [0.15, 0.2) is 18.2 Å². The molecule has 1 saturated heterocycles. The number of benzene rings is 1. The quantitative estimate of drug-likeness (QED) is 0.725. The summed E-state index contributed by atoms with van der Waals surface area (Å²) in [5.41, 5.74) is 1.80. The molecule has 17 heavy (non-hydrogen) atoms. The van der Waals surface area contributed by atoms with Crippen molar-refractivity contribution in [2.45, 2.75) is 25.4 Å². The molecule has 1 atom stereocenters. The van der Waals surface area contributed by atoms with Crippen molar-refractivity contribution in [3.63, 3.8) is 0 Å². The van der Waals surface area contributed by atoms with Crippen LogP contribution in [0.25, 0.3) is 0 Å². The Morgan fingerprint density at radius 1 is 1.24 bits per heavy atom. The highest BCUT2D eigenvalue weighted by molar-refractivity contribution is 6.00. The Kier molecular flexibility index (Phi) is 2.35. The molecular formula is C13H12O4. The third kappa shape index (κ3) is 1.79.